The zero-order valence-electron chi connectivity index (χ0n) is 14.1. The number of rotatable bonds is 5. The summed E-state index contributed by atoms with van der Waals surface area (Å²) in [6.07, 6.45) is 6.08. The molecule has 5 nitrogen and oxygen atoms in total. The number of nitrogens with one attached hydrogen (secondary N) is 2. The minimum Gasteiger partial charge on any atom is -0.354 e. The van der Waals surface area contributed by atoms with Crippen LogP contribution in [0.3, 0.4) is 0 Å². The van der Waals surface area contributed by atoms with Crippen molar-refractivity contribution < 1.29 is 0 Å². The van der Waals surface area contributed by atoms with Crippen LogP contribution in [0, 0.1) is 6.92 Å². The number of nitrogens with zero attached hydrogens (tertiary/aromatic N) is 3. The minimum atomic E-state index is 0. The van der Waals surface area contributed by atoms with Crippen LogP contribution in [0.5, 0.6) is 0 Å². The van der Waals surface area contributed by atoms with Crippen LogP contribution in [0.25, 0.3) is 0 Å². The predicted octanol–water partition coefficient (Wildman–Crippen LogP) is 2.32. The molecule has 128 valence electrons. The lowest BCUT2D eigenvalue weighted by atomic mass is 10.1. The van der Waals surface area contributed by atoms with Crippen LogP contribution in [0.15, 0.2) is 36.0 Å². The number of aryl methyl sites for hydroxylation is 1. The van der Waals surface area contributed by atoms with Gasteiger partial charge in [-0.3, -0.25) is 14.9 Å². The summed E-state index contributed by atoms with van der Waals surface area (Å²) in [4.78, 5) is 11.1. The van der Waals surface area contributed by atoms with Crippen LogP contribution in [-0.2, 0) is 6.54 Å². The van der Waals surface area contributed by atoms with E-state index in [9.17, 15) is 0 Å². The number of halogens is 1. The fourth-order valence-corrected chi connectivity index (χ4v) is 2.70. The number of guanidine groups is 1. The summed E-state index contributed by atoms with van der Waals surface area (Å²) in [5.41, 5.74) is 2.26. The first-order chi connectivity index (χ1) is 10.7. The summed E-state index contributed by atoms with van der Waals surface area (Å²) in [5, 5.41) is 6.87. The third-order valence-electron chi connectivity index (χ3n) is 4.08. The van der Waals surface area contributed by atoms with Gasteiger partial charge in [-0.05, 0) is 31.4 Å². The molecule has 0 spiro atoms. The van der Waals surface area contributed by atoms with E-state index in [4.69, 9.17) is 0 Å². The maximum atomic E-state index is 4.40. The van der Waals surface area contributed by atoms with Crippen LogP contribution < -0.4 is 10.6 Å². The van der Waals surface area contributed by atoms with E-state index >= 15 is 0 Å². The Balaban J connectivity index is 0.00000264. The van der Waals surface area contributed by atoms with E-state index < -0.39 is 0 Å². The van der Waals surface area contributed by atoms with E-state index in [1.165, 1.54) is 5.56 Å². The summed E-state index contributed by atoms with van der Waals surface area (Å²) in [6, 6.07) is 4.52. The molecule has 6 heteroatoms. The summed E-state index contributed by atoms with van der Waals surface area (Å²) < 4.78 is 0. The van der Waals surface area contributed by atoms with Crippen molar-refractivity contribution in [1.82, 2.24) is 20.5 Å². The molecule has 1 aliphatic heterocycles. The highest BCUT2D eigenvalue weighted by molar-refractivity contribution is 14.0. The van der Waals surface area contributed by atoms with Crippen molar-refractivity contribution in [2.45, 2.75) is 32.4 Å². The van der Waals surface area contributed by atoms with E-state index in [1.54, 1.807) is 0 Å². The largest absolute Gasteiger partial charge is 0.354 e. The molecule has 0 aliphatic carbocycles. The number of likely N-dealkylation sites (tertiary alicyclic amines) is 1. The van der Waals surface area contributed by atoms with Crippen molar-refractivity contribution in [3.63, 3.8) is 0 Å². The molecule has 1 fully saturated rings. The molecule has 2 heterocycles. The Kier molecular flexibility index (Phi) is 9.16. The molecule has 0 unspecified atom stereocenters. The van der Waals surface area contributed by atoms with E-state index in [2.05, 4.69) is 45.1 Å². The number of hydrogen-bond acceptors (Lipinski definition) is 3. The van der Waals surface area contributed by atoms with Crippen molar-refractivity contribution in [2.75, 3.05) is 26.7 Å². The highest BCUT2D eigenvalue weighted by atomic mass is 127. The SMILES string of the molecule is C=CCN1CCC(NC(=NC)NCc2ncccc2C)CC1.I. The predicted molar refractivity (Wildman–Crippen MR) is 107 cm³/mol. The van der Waals surface area contributed by atoms with Gasteiger partial charge in [0.2, 0.25) is 0 Å². The molecule has 1 aromatic heterocycles. The Morgan fingerprint density at radius 3 is 2.83 bits per heavy atom. The molecule has 0 aromatic carbocycles. The van der Waals surface area contributed by atoms with Gasteiger partial charge >= 0.3 is 0 Å². The van der Waals surface area contributed by atoms with Crippen molar-refractivity contribution in [3.8, 4) is 0 Å². The fraction of sp³-hybridized carbons (Fsp3) is 0.529. The smallest absolute Gasteiger partial charge is 0.191 e. The van der Waals surface area contributed by atoms with Crippen LogP contribution in [-0.4, -0.2) is 48.6 Å². The van der Waals surface area contributed by atoms with Gasteiger partial charge in [-0.1, -0.05) is 12.1 Å². The van der Waals surface area contributed by atoms with Gasteiger partial charge in [0.05, 0.1) is 12.2 Å². The molecule has 0 saturated carbocycles. The quantitative estimate of drug-likeness (QED) is 0.327. The molecule has 0 bridgehead atoms. The molecule has 2 N–H and O–H groups in total. The Bertz CT molecular complexity index is 509. The van der Waals surface area contributed by atoms with Crippen LogP contribution in [0.4, 0.5) is 0 Å². The molecule has 1 saturated heterocycles. The van der Waals surface area contributed by atoms with Gasteiger partial charge in [-0.15, -0.1) is 30.6 Å². The van der Waals surface area contributed by atoms with Crippen molar-refractivity contribution in [2.24, 2.45) is 4.99 Å². The number of aliphatic imine (C=N–C) groups is 1. The Labute approximate surface area is 156 Å². The molecule has 1 aliphatic rings. The van der Waals surface area contributed by atoms with Gasteiger partial charge in [0.25, 0.3) is 0 Å². The van der Waals surface area contributed by atoms with Crippen molar-refractivity contribution >= 4 is 29.9 Å². The van der Waals surface area contributed by atoms with Gasteiger partial charge in [0, 0.05) is 38.9 Å². The van der Waals surface area contributed by atoms with E-state index in [0.717, 1.165) is 44.1 Å². The normalized spacial score (nSPS) is 16.5. The first kappa shape index (κ1) is 19.9. The van der Waals surface area contributed by atoms with Gasteiger partial charge in [0.1, 0.15) is 0 Å². The monoisotopic (exact) mass is 429 g/mol. The van der Waals surface area contributed by atoms with Gasteiger partial charge in [-0.25, -0.2) is 0 Å². The van der Waals surface area contributed by atoms with E-state index in [-0.39, 0.29) is 24.0 Å². The molecule has 23 heavy (non-hydrogen) atoms. The lowest BCUT2D eigenvalue weighted by Gasteiger charge is -2.32. The van der Waals surface area contributed by atoms with Crippen LogP contribution >= 0.6 is 24.0 Å². The highest BCUT2D eigenvalue weighted by Gasteiger charge is 2.19. The van der Waals surface area contributed by atoms with E-state index in [0.29, 0.717) is 12.6 Å². The van der Waals surface area contributed by atoms with Crippen LogP contribution in [0.2, 0.25) is 0 Å². The average molecular weight is 429 g/mol. The third-order valence-corrected chi connectivity index (χ3v) is 4.08. The topological polar surface area (TPSA) is 52.5 Å². The molecular weight excluding hydrogens is 401 g/mol. The molecule has 0 amide bonds. The Hall–Kier alpha value is -1.15. The highest BCUT2D eigenvalue weighted by Crippen LogP contribution is 2.10. The third kappa shape index (κ3) is 6.47. The van der Waals surface area contributed by atoms with E-state index in [1.807, 2.05) is 25.4 Å². The fourth-order valence-electron chi connectivity index (χ4n) is 2.70. The van der Waals surface area contributed by atoms with Crippen molar-refractivity contribution in [1.29, 1.82) is 0 Å². The number of aromatic nitrogens is 1. The number of pyridine rings is 1. The molecule has 1 aromatic rings. The molecule has 2 rings (SSSR count). The van der Waals surface area contributed by atoms with Gasteiger partial charge in [-0.2, -0.15) is 0 Å². The van der Waals surface area contributed by atoms with Crippen molar-refractivity contribution in [3.05, 3.63) is 42.2 Å². The maximum Gasteiger partial charge on any atom is 0.191 e. The zero-order valence-corrected chi connectivity index (χ0v) is 16.4. The average Bonchev–Trinajstić information content (AvgIpc) is 2.54. The molecule has 0 atom stereocenters. The second-order valence-electron chi connectivity index (χ2n) is 5.70. The second-order valence-corrected chi connectivity index (χ2v) is 5.70. The van der Waals surface area contributed by atoms with Gasteiger partial charge < -0.3 is 10.6 Å². The second kappa shape index (κ2) is 10.6. The lowest BCUT2D eigenvalue weighted by Crippen LogP contribution is -2.48. The Morgan fingerprint density at radius 2 is 2.22 bits per heavy atom. The standard InChI is InChI=1S/C17H27N5.HI/c1-4-10-22-11-7-15(8-12-22)21-17(18-3)20-13-16-14(2)6-5-9-19-16;/h4-6,9,15H,1,7-8,10-13H2,2-3H3,(H2,18,20,21);1H. The Morgan fingerprint density at radius 1 is 1.48 bits per heavy atom. The first-order valence-corrected chi connectivity index (χ1v) is 7.94. The molecular formula is C17H28IN5. The first-order valence-electron chi connectivity index (χ1n) is 7.94. The van der Waals surface area contributed by atoms with Gasteiger partial charge in [0.15, 0.2) is 5.96 Å². The summed E-state index contributed by atoms with van der Waals surface area (Å²) in [6.45, 7) is 9.79. The number of hydrogen-bond donors (Lipinski definition) is 2. The summed E-state index contributed by atoms with van der Waals surface area (Å²) >= 11 is 0. The summed E-state index contributed by atoms with van der Waals surface area (Å²) in [5.74, 6) is 0.854. The minimum absolute atomic E-state index is 0. The zero-order chi connectivity index (χ0) is 15.8. The number of piperidine rings is 1. The maximum absolute atomic E-state index is 4.40. The lowest BCUT2D eigenvalue weighted by molar-refractivity contribution is 0.225. The molecule has 0 radical (unpaired) electrons. The summed E-state index contributed by atoms with van der Waals surface area (Å²) in [7, 11) is 1.81. The van der Waals surface area contributed by atoms with Crippen LogP contribution in [0.1, 0.15) is 24.1 Å².